The summed E-state index contributed by atoms with van der Waals surface area (Å²) in [5.74, 6) is -0.303. The molecule has 3 N–H and O–H groups in total. The zero-order valence-corrected chi connectivity index (χ0v) is 15.3. The van der Waals surface area contributed by atoms with Gasteiger partial charge in [-0.3, -0.25) is 9.78 Å². The van der Waals surface area contributed by atoms with Crippen molar-refractivity contribution in [3.05, 3.63) is 58.5 Å². The van der Waals surface area contributed by atoms with Crippen LogP contribution in [0.5, 0.6) is 0 Å². The minimum Gasteiger partial charge on any atom is -0.447 e. The lowest BCUT2D eigenvalue weighted by Crippen LogP contribution is -2.35. The Bertz CT molecular complexity index is 1050. The molecule has 1 aromatic carbocycles. The number of nitrogens with one attached hydrogen (secondary N) is 2. The second kappa shape index (κ2) is 7.40. The molecule has 0 fully saturated rings. The summed E-state index contributed by atoms with van der Waals surface area (Å²) in [6.45, 7) is 1.53. The van der Waals surface area contributed by atoms with E-state index in [9.17, 15) is 14.8 Å². The Morgan fingerprint density at radius 2 is 2.29 bits per heavy atom. The molecule has 1 aliphatic rings. The molecule has 0 radical (unpaired) electrons. The van der Waals surface area contributed by atoms with Crippen LogP contribution in [0.25, 0.3) is 11.0 Å². The second-order valence-corrected chi connectivity index (χ2v) is 6.93. The molecule has 0 aliphatic heterocycles. The number of nitrogens with zero attached hydrogens (tertiary/aromatic N) is 2. The third-order valence-corrected chi connectivity index (χ3v) is 4.94. The largest absolute Gasteiger partial charge is 0.447 e. The summed E-state index contributed by atoms with van der Waals surface area (Å²) in [6, 6.07) is 6.81. The third kappa shape index (κ3) is 3.22. The van der Waals surface area contributed by atoms with Gasteiger partial charge in [0.15, 0.2) is 5.58 Å². The highest BCUT2D eigenvalue weighted by molar-refractivity contribution is 6.07. The maximum absolute atomic E-state index is 12.6. The van der Waals surface area contributed by atoms with Crippen molar-refractivity contribution in [3.63, 3.8) is 0 Å². The molecule has 0 saturated carbocycles. The Balaban J connectivity index is 1.71. The van der Waals surface area contributed by atoms with Gasteiger partial charge in [0.1, 0.15) is 6.04 Å². The van der Waals surface area contributed by atoms with Crippen LogP contribution in [0.4, 0.5) is 11.4 Å². The molecular weight excluding hydrogens is 360 g/mol. The van der Waals surface area contributed by atoms with E-state index in [1.54, 1.807) is 25.4 Å². The third-order valence-electron chi connectivity index (χ3n) is 4.94. The number of fused-ring (bicyclic) bond motifs is 2. The summed E-state index contributed by atoms with van der Waals surface area (Å²) in [5.41, 5.74) is 3.83. The number of furan rings is 1. The maximum atomic E-state index is 12.6. The molecular formula is C20H20N4O4. The number of carbonyl (C=O) groups excluding carboxylic acids is 1. The predicted molar refractivity (Wildman–Crippen MR) is 105 cm³/mol. The fraction of sp³-hybridized carbons (Fsp3) is 0.300. The Morgan fingerprint density at radius 1 is 1.43 bits per heavy atom. The first-order valence-electron chi connectivity index (χ1n) is 9.11. The van der Waals surface area contributed by atoms with E-state index in [0.717, 1.165) is 35.0 Å². The highest BCUT2D eigenvalue weighted by Gasteiger charge is 2.25. The number of amides is 1. The Hall–Kier alpha value is -3.26. The van der Waals surface area contributed by atoms with E-state index in [0.29, 0.717) is 11.3 Å². The van der Waals surface area contributed by atoms with Crippen LogP contribution in [0.2, 0.25) is 0 Å². The minimum atomic E-state index is -0.424. The van der Waals surface area contributed by atoms with Crippen LogP contribution >= 0.6 is 0 Å². The predicted octanol–water partition coefficient (Wildman–Crippen LogP) is 3.44. The molecule has 0 saturated heterocycles. The van der Waals surface area contributed by atoms with E-state index in [1.165, 1.54) is 0 Å². The van der Waals surface area contributed by atoms with Gasteiger partial charge in [0.2, 0.25) is 5.76 Å². The molecule has 1 unspecified atom stereocenters. The highest BCUT2D eigenvalue weighted by Crippen LogP contribution is 2.37. The van der Waals surface area contributed by atoms with E-state index in [1.807, 2.05) is 18.2 Å². The maximum Gasteiger partial charge on any atom is 0.289 e. The van der Waals surface area contributed by atoms with Crippen LogP contribution in [0.1, 0.15) is 41.1 Å². The van der Waals surface area contributed by atoms with Crippen molar-refractivity contribution in [1.82, 2.24) is 10.3 Å². The van der Waals surface area contributed by atoms with Crippen LogP contribution in [-0.2, 0) is 6.42 Å². The van der Waals surface area contributed by atoms with Gasteiger partial charge >= 0.3 is 0 Å². The molecule has 144 valence electrons. The standard InChI is InChI=1S/C20H20N4O4/c1-11(10-25)22-20(26)19-18(15-6-7-21-9-17(15)28-19)23-13-3-4-14-12(8-13)2-5-16(14)24-27/h3-4,6-9,11,16,23,25H,2,5,10H2,1H3,(H,22,26)/t11-,16?/m1/s1. The average molecular weight is 380 g/mol. The van der Waals surface area contributed by atoms with Crippen molar-refractivity contribution in [1.29, 1.82) is 0 Å². The summed E-state index contributed by atoms with van der Waals surface area (Å²) < 4.78 is 5.73. The van der Waals surface area contributed by atoms with Gasteiger partial charge in [-0.15, -0.1) is 0 Å². The van der Waals surface area contributed by atoms with E-state index in [2.05, 4.69) is 20.8 Å². The normalized spacial score (nSPS) is 16.6. The Labute approximate surface area is 160 Å². The molecule has 4 rings (SSSR count). The molecule has 3 aromatic rings. The van der Waals surface area contributed by atoms with E-state index in [4.69, 9.17) is 4.42 Å². The lowest BCUT2D eigenvalue weighted by molar-refractivity contribution is 0.0897. The van der Waals surface area contributed by atoms with Gasteiger partial charge in [-0.05, 0) is 49.1 Å². The number of anilines is 2. The highest BCUT2D eigenvalue weighted by atomic mass is 16.3. The van der Waals surface area contributed by atoms with Crippen molar-refractivity contribution >= 4 is 28.3 Å². The molecule has 2 heterocycles. The fourth-order valence-electron chi connectivity index (χ4n) is 3.50. The Morgan fingerprint density at radius 3 is 3.07 bits per heavy atom. The van der Waals surface area contributed by atoms with Crippen molar-refractivity contribution in [2.45, 2.75) is 31.8 Å². The lowest BCUT2D eigenvalue weighted by atomic mass is 10.1. The van der Waals surface area contributed by atoms with Crippen molar-refractivity contribution in [2.75, 3.05) is 11.9 Å². The average Bonchev–Trinajstić information content (AvgIpc) is 3.29. The summed E-state index contributed by atoms with van der Waals surface area (Å²) in [7, 11) is 0. The lowest BCUT2D eigenvalue weighted by Gasteiger charge is -2.12. The number of hydrogen-bond acceptors (Lipinski definition) is 7. The minimum absolute atomic E-state index is 0.122. The fourth-order valence-corrected chi connectivity index (χ4v) is 3.50. The topological polar surface area (TPSA) is 117 Å². The first-order valence-corrected chi connectivity index (χ1v) is 9.11. The van der Waals surface area contributed by atoms with Crippen LogP contribution in [0, 0.1) is 4.91 Å². The zero-order valence-electron chi connectivity index (χ0n) is 15.3. The SMILES string of the molecule is C[C@H](CO)NC(=O)c1oc2cnccc2c1Nc1ccc2c(c1)CCC2N=O. The van der Waals surface area contributed by atoms with Gasteiger partial charge in [0.05, 0.1) is 18.5 Å². The van der Waals surface area contributed by atoms with Crippen molar-refractivity contribution in [3.8, 4) is 0 Å². The van der Waals surface area contributed by atoms with Gasteiger partial charge in [-0.2, -0.15) is 4.91 Å². The number of pyridine rings is 1. The first kappa shape index (κ1) is 18.1. The van der Waals surface area contributed by atoms with Gasteiger partial charge < -0.3 is 20.2 Å². The molecule has 2 atom stereocenters. The molecule has 1 aliphatic carbocycles. The van der Waals surface area contributed by atoms with Crippen LogP contribution in [0.3, 0.4) is 0 Å². The molecule has 1 amide bonds. The van der Waals surface area contributed by atoms with Gasteiger partial charge in [0.25, 0.3) is 5.91 Å². The van der Waals surface area contributed by atoms with Crippen molar-refractivity contribution in [2.24, 2.45) is 5.18 Å². The summed E-state index contributed by atoms with van der Waals surface area (Å²) in [4.78, 5) is 27.6. The van der Waals surface area contributed by atoms with E-state index < -0.39 is 11.9 Å². The molecule has 0 spiro atoms. The van der Waals surface area contributed by atoms with Gasteiger partial charge in [0, 0.05) is 23.3 Å². The Kier molecular flexibility index (Phi) is 4.79. The number of rotatable bonds is 6. The van der Waals surface area contributed by atoms with Gasteiger partial charge in [-0.25, -0.2) is 0 Å². The zero-order chi connectivity index (χ0) is 19.7. The number of aryl methyl sites for hydroxylation is 1. The van der Waals surface area contributed by atoms with E-state index in [-0.39, 0.29) is 18.4 Å². The number of aromatic nitrogens is 1. The summed E-state index contributed by atoms with van der Waals surface area (Å²) in [5, 5.41) is 19.1. The quantitative estimate of drug-likeness (QED) is 0.564. The second-order valence-electron chi connectivity index (χ2n) is 6.93. The number of hydrogen-bond donors (Lipinski definition) is 3. The van der Waals surface area contributed by atoms with Gasteiger partial charge in [-0.1, -0.05) is 11.2 Å². The molecule has 8 nitrogen and oxygen atoms in total. The molecule has 2 aromatic heterocycles. The summed E-state index contributed by atoms with van der Waals surface area (Å²) in [6.07, 6.45) is 4.69. The smallest absolute Gasteiger partial charge is 0.289 e. The monoisotopic (exact) mass is 380 g/mol. The number of benzene rings is 1. The van der Waals surface area contributed by atoms with Crippen LogP contribution < -0.4 is 10.6 Å². The van der Waals surface area contributed by atoms with Crippen LogP contribution in [0.15, 0.2) is 46.3 Å². The molecule has 0 bridgehead atoms. The van der Waals surface area contributed by atoms with Crippen LogP contribution in [-0.4, -0.2) is 28.6 Å². The van der Waals surface area contributed by atoms with E-state index >= 15 is 0 Å². The number of carbonyl (C=O) groups is 1. The summed E-state index contributed by atoms with van der Waals surface area (Å²) >= 11 is 0. The molecule has 28 heavy (non-hydrogen) atoms. The molecule has 8 heteroatoms. The number of nitroso groups, excluding NO2 is 1. The number of aliphatic hydroxyl groups excluding tert-OH is 1. The van der Waals surface area contributed by atoms with Crippen molar-refractivity contribution < 1.29 is 14.3 Å². The number of aliphatic hydroxyl groups is 1. The first-order chi connectivity index (χ1) is 13.6.